The Kier molecular flexibility index (Phi) is 3.61. The minimum Gasteiger partial charge on any atom is -0.362 e. The number of hydrogen-bond donors (Lipinski definition) is 0. The molecule has 0 spiro atoms. The van der Waals surface area contributed by atoms with Gasteiger partial charge in [-0.25, -0.2) is 0 Å². The summed E-state index contributed by atoms with van der Waals surface area (Å²) in [6, 6.07) is 3.66. The second-order valence-electron chi connectivity index (χ2n) is 3.43. The molecule has 0 aliphatic carbocycles. The van der Waals surface area contributed by atoms with Crippen molar-refractivity contribution in [2.75, 3.05) is 0 Å². The normalized spacial score (nSPS) is 11.4. The molecular weight excluding hydrogens is 202 g/mol. The van der Waals surface area contributed by atoms with Gasteiger partial charge in [-0.2, -0.15) is 0 Å². The van der Waals surface area contributed by atoms with E-state index in [4.69, 9.17) is 16.3 Å². The quantitative estimate of drug-likeness (QED) is 0.720. The van der Waals surface area contributed by atoms with Gasteiger partial charge >= 0.3 is 0 Å². The third kappa shape index (κ3) is 3.09. The Morgan fingerprint density at radius 1 is 1.50 bits per heavy atom. The van der Waals surface area contributed by atoms with Crippen LogP contribution in [0.4, 0.5) is 0 Å². The molecule has 0 amide bonds. The molecule has 1 aromatic heterocycles. The molecule has 1 heterocycles. The molecule has 0 atom stereocenters. The van der Waals surface area contributed by atoms with Gasteiger partial charge in [-0.05, 0) is 43.1 Å². The van der Waals surface area contributed by atoms with Crippen LogP contribution in [-0.2, 0) is 16.1 Å². The second-order valence-corrected chi connectivity index (χ2v) is 3.77. The summed E-state index contributed by atoms with van der Waals surface area (Å²) in [5.41, 5.74) is 0.0242. The Bertz CT molecular complexity index is 311. The number of nitrogens with zero attached hydrogens (tertiary/aromatic N) is 1. The number of halogens is 1. The van der Waals surface area contributed by atoms with E-state index in [0.29, 0.717) is 6.61 Å². The number of rotatable bonds is 4. The molecule has 0 unspecified atom stereocenters. The summed E-state index contributed by atoms with van der Waals surface area (Å²) >= 11 is 5.36. The van der Waals surface area contributed by atoms with Crippen molar-refractivity contribution in [3.63, 3.8) is 0 Å². The molecule has 0 bridgehead atoms. The third-order valence-electron chi connectivity index (χ3n) is 1.82. The number of carbonyl (C=O) groups excluding carboxylic acids is 1. The van der Waals surface area contributed by atoms with Crippen LogP contribution in [0.3, 0.4) is 0 Å². The molecule has 0 saturated heterocycles. The van der Waals surface area contributed by atoms with Crippen molar-refractivity contribution in [3.8, 4) is 0 Å². The van der Waals surface area contributed by atoms with Crippen LogP contribution >= 0.6 is 11.6 Å². The lowest BCUT2D eigenvalue weighted by molar-refractivity contribution is -0.133. The van der Waals surface area contributed by atoms with Crippen LogP contribution in [0.25, 0.3) is 0 Å². The Balaban J connectivity index is 2.53. The van der Waals surface area contributed by atoms with Gasteiger partial charge in [-0.1, -0.05) is 0 Å². The highest BCUT2D eigenvalue weighted by molar-refractivity contribution is 6.65. The van der Waals surface area contributed by atoms with Gasteiger partial charge in [0.2, 0.25) is 0 Å². The van der Waals surface area contributed by atoms with E-state index >= 15 is 0 Å². The molecule has 0 N–H and O–H groups in total. The Morgan fingerprint density at radius 3 is 2.57 bits per heavy atom. The van der Waals surface area contributed by atoms with Crippen LogP contribution in [0.5, 0.6) is 0 Å². The molecule has 0 radical (unpaired) electrons. The summed E-state index contributed by atoms with van der Waals surface area (Å²) in [6.07, 6.45) is 3.35. The maximum Gasteiger partial charge on any atom is 0.253 e. The summed E-state index contributed by atoms with van der Waals surface area (Å²) in [5.74, 6) is 0. The van der Waals surface area contributed by atoms with Crippen molar-refractivity contribution >= 4 is 16.8 Å². The first-order valence-corrected chi connectivity index (χ1v) is 4.63. The molecule has 14 heavy (non-hydrogen) atoms. The van der Waals surface area contributed by atoms with Crippen LogP contribution in [0.15, 0.2) is 24.5 Å². The van der Waals surface area contributed by atoms with E-state index in [1.54, 1.807) is 26.2 Å². The Labute approximate surface area is 88.1 Å². The van der Waals surface area contributed by atoms with Crippen molar-refractivity contribution in [3.05, 3.63) is 30.1 Å². The molecule has 0 aromatic carbocycles. The second kappa shape index (κ2) is 4.53. The number of hydrogen-bond acceptors (Lipinski definition) is 3. The van der Waals surface area contributed by atoms with Gasteiger partial charge in [0.15, 0.2) is 0 Å². The summed E-state index contributed by atoms with van der Waals surface area (Å²) in [7, 11) is 0. The average Bonchev–Trinajstić information content (AvgIpc) is 2.16. The molecule has 3 nitrogen and oxygen atoms in total. The van der Waals surface area contributed by atoms with E-state index in [0.717, 1.165) is 5.56 Å². The molecule has 4 heteroatoms. The maximum atomic E-state index is 10.9. The first-order chi connectivity index (χ1) is 6.52. The topological polar surface area (TPSA) is 39.2 Å². The van der Waals surface area contributed by atoms with Gasteiger partial charge < -0.3 is 4.74 Å². The average molecular weight is 214 g/mol. The van der Waals surface area contributed by atoms with Gasteiger partial charge in [-0.3, -0.25) is 9.78 Å². The number of carbonyl (C=O) groups is 1. The van der Waals surface area contributed by atoms with E-state index in [-0.39, 0.29) is 0 Å². The van der Waals surface area contributed by atoms with E-state index in [2.05, 4.69) is 4.98 Å². The lowest BCUT2D eigenvalue weighted by Gasteiger charge is -2.20. The number of ether oxygens (including phenoxy) is 1. The van der Waals surface area contributed by atoms with Crippen molar-refractivity contribution in [2.24, 2.45) is 0 Å². The molecule has 0 aliphatic heterocycles. The molecular formula is C10H12ClNO2. The van der Waals surface area contributed by atoms with Gasteiger partial charge in [0.1, 0.15) is 5.60 Å². The number of aromatic nitrogens is 1. The monoisotopic (exact) mass is 213 g/mol. The van der Waals surface area contributed by atoms with E-state index in [1.807, 2.05) is 12.1 Å². The molecule has 0 fully saturated rings. The zero-order valence-electron chi connectivity index (χ0n) is 8.16. The van der Waals surface area contributed by atoms with Crippen molar-refractivity contribution in [2.45, 2.75) is 26.1 Å². The highest BCUT2D eigenvalue weighted by Crippen LogP contribution is 2.15. The van der Waals surface area contributed by atoms with Crippen molar-refractivity contribution in [1.29, 1.82) is 0 Å². The molecule has 1 aromatic rings. The first-order valence-electron chi connectivity index (χ1n) is 4.25. The van der Waals surface area contributed by atoms with Crippen molar-refractivity contribution in [1.82, 2.24) is 4.98 Å². The fourth-order valence-electron chi connectivity index (χ4n) is 0.800. The number of pyridine rings is 1. The van der Waals surface area contributed by atoms with Gasteiger partial charge in [0, 0.05) is 12.4 Å². The Hall–Kier alpha value is -0.930. The summed E-state index contributed by atoms with van der Waals surface area (Å²) < 4.78 is 5.37. The van der Waals surface area contributed by atoms with Gasteiger partial charge in [0.05, 0.1) is 6.61 Å². The van der Waals surface area contributed by atoms with Gasteiger partial charge in [0.25, 0.3) is 5.24 Å². The summed E-state index contributed by atoms with van der Waals surface area (Å²) in [5, 5.41) is -0.494. The lowest BCUT2D eigenvalue weighted by atomic mass is 10.1. The molecule has 0 aliphatic rings. The van der Waals surface area contributed by atoms with Crippen LogP contribution in [0, 0.1) is 0 Å². The summed E-state index contributed by atoms with van der Waals surface area (Å²) in [6.45, 7) is 3.64. The maximum absolute atomic E-state index is 10.9. The highest BCUT2D eigenvalue weighted by atomic mass is 35.5. The van der Waals surface area contributed by atoms with E-state index in [1.165, 1.54) is 0 Å². The fourth-order valence-corrected chi connectivity index (χ4v) is 0.854. The van der Waals surface area contributed by atoms with Crippen LogP contribution in [0.2, 0.25) is 0 Å². The minimum atomic E-state index is -0.940. The van der Waals surface area contributed by atoms with Crippen LogP contribution < -0.4 is 0 Å². The SMILES string of the molecule is CC(C)(OCc1ccncc1)C(=O)Cl. The first kappa shape index (κ1) is 11.1. The van der Waals surface area contributed by atoms with Crippen LogP contribution in [-0.4, -0.2) is 15.8 Å². The summed E-state index contributed by atoms with van der Waals surface area (Å²) in [4.78, 5) is 14.8. The van der Waals surface area contributed by atoms with Crippen molar-refractivity contribution < 1.29 is 9.53 Å². The standard InChI is InChI=1S/C10H12ClNO2/c1-10(2,9(11)13)14-7-8-3-5-12-6-4-8/h3-6H,7H2,1-2H3. The molecule has 76 valence electrons. The predicted octanol–water partition coefficient (Wildman–Crippen LogP) is 2.14. The zero-order valence-corrected chi connectivity index (χ0v) is 8.91. The van der Waals surface area contributed by atoms with Gasteiger partial charge in [-0.15, -0.1) is 0 Å². The largest absolute Gasteiger partial charge is 0.362 e. The predicted molar refractivity (Wildman–Crippen MR) is 54.0 cm³/mol. The Morgan fingerprint density at radius 2 is 2.07 bits per heavy atom. The zero-order chi connectivity index (χ0) is 10.6. The van der Waals surface area contributed by atoms with E-state index in [9.17, 15) is 4.79 Å². The molecule has 0 saturated carbocycles. The fraction of sp³-hybridized carbons (Fsp3) is 0.400. The lowest BCUT2D eigenvalue weighted by Crippen LogP contribution is -2.31. The minimum absolute atomic E-state index is 0.355. The van der Waals surface area contributed by atoms with Crippen LogP contribution in [0.1, 0.15) is 19.4 Å². The van der Waals surface area contributed by atoms with E-state index < -0.39 is 10.8 Å². The molecule has 1 rings (SSSR count). The highest BCUT2D eigenvalue weighted by Gasteiger charge is 2.26. The third-order valence-corrected chi connectivity index (χ3v) is 2.28. The smallest absolute Gasteiger partial charge is 0.253 e.